The van der Waals surface area contributed by atoms with Crippen molar-refractivity contribution in [2.75, 3.05) is 33.4 Å². The number of aliphatic imine (C=N–C) groups is 1. The molecule has 7 heteroatoms. The van der Waals surface area contributed by atoms with Gasteiger partial charge in [-0.05, 0) is 18.1 Å². The Kier molecular flexibility index (Phi) is 4.10. The molecule has 1 N–H and O–H groups in total. The van der Waals surface area contributed by atoms with E-state index >= 15 is 0 Å². The molecular formula is C17H19N3O3S. The first-order valence-electron chi connectivity index (χ1n) is 8.00. The molecule has 1 aromatic carbocycles. The summed E-state index contributed by atoms with van der Waals surface area (Å²) in [6, 6.07) is 5.79. The van der Waals surface area contributed by atoms with Gasteiger partial charge in [-0.1, -0.05) is 23.9 Å². The van der Waals surface area contributed by atoms with Crippen LogP contribution in [0.5, 0.6) is 11.5 Å². The van der Waals surface area contributed by atoms with E-state index < -0.39 is 0 Å². The second-order valence-corrected chi connectivity index (χ2v) is 6.76. The van der Waals surface area contributed by atoms with E-state index in [1.165, 1.54) is 0 Å². The first-order valence-corrected chi connectivity index (χ1v) is 8.88. The van der Waals surface area contributed by atoms with Crippen LogP contribution in [0.25, 0.3) is 0 Å². The maximum atomic E-state index is 12.5. The maximum Gasteiger partial charge on any atom is 0.227 e. The number of rotatable bonds is 4. The zero-order valence-electron chi connectivity index (χ0n) is 13.4. The second-order valence-electron chi connectivity index (χ2n) is 5.92. The van der Waals surface area contributed by atoms with Crippen LogP contribution in [0.4, 0.5) is 0 Å². The predicted molar refractivity (Wildman–Crippen MR) is 93.4 cm³/mol. The minimum atomic E-state index is -0.175. The molecule has 0 aromatic heterocycles. The third-order valence-corrected chi connectivity index (χ3v) is 5.39. The van der Waals surface area contributed by atoms with Crippen LogP contribution in [-0.4, -0.2) is 49.3 Å². The van der Waals surface area contributed by atoms with Gasteiger partial charge < -0.3 is 19.7 Å². The van der Waals surface area contributed by atoms with Gasteiger partial charge in [0.25, 0.3) is 0 Å². The molecular weight excluding hydrogens is 326 g/mol. The number of benzene rings is 1. The highest BCUT2D eigenvalue weighted by atomic mass is 32.2. The molecule has 1 aromatic rings. The highest BCUT2D eigenvalue weighted by Gasteiger charge is 2.30. The Balaban J connectivity index is 1.37. The fourth-order valence-electron chi connectivity index (χ4n) is 3.16. The van der Waals surface area contributed by atoms with Gasteiger partial charge in [-0.25, -0.2) is 0 Å². The highest BCUT2D eigenvalue weighted by Crippen LogP contribution is 2.36. The van der Waals surface area contributed by atoms with Crippen molar-refractivity contribution in [2.45, 2.75) is 6.42 Å². The topological polar surface area (TPSA) is 63.2 Å². The van der Waals surface area contributed by atoms with Gasteiger partial charge in [-0.2, -0.15) is 0 Å². The Morgan fingerprint density at radius 3 is 3.33 bits per heavy atom. The molecule has 0 radical (unpaired) electrons. The molecule has 3 aliphatic heterocycles. The van der Waals surface area contributed by atoms with Crippen molar-refractivity contribution in [1.82, 2.24) is 10.2 Å². The van der Waals surface area contributed by atoms with Gasteiger partial charge >= 0.3 is 0 Å². The van der Waals surface area contributed by atoms with E-state index in [9.17, 15) is 4.79 Å². The first kappa shape index (κ1) is 15.4. The van der Waals surface area contributed by atoms with Crippen LogP contribution in [0.15, 0.2) is 34.3 Å². The lowest BCUT2D eigenvalue weighted by Gasteiger charge is -2.26. The molecule has 0 bridgehead atoms. The van der Waals surface area contributed by atoms with Crippen molar-refractivity contribution in [3.63, 3.8) is 0 Å². The van der Waals surface area contributed by atoms with E-state index in [-0.39, 0.29) is 11.8 Å². The molecule has 0 spiro atoms. The van der Waals surface area contributed by atoms with Crippen molar-refractivity contribution >= 4 is 22.8 Å². The molecule has 0 aliphatic carbocycles. The zero-order valence-corrected chi connectivity index (χ0v) is 14.3. The second kappa shape index (κ2) is 6.39. The summed E-state index contributed by atoms with van der Waals surface area (Å²) in [7, 11) is 1.63. The Labute approximate surface area is 144 Å². The number of nitrogens with one attached hydrogen (secondary N) is 1. The van der Waals surface area contributed by atoms with Crippen LogP contribution in [0, 0.1) is 5.92 Å². The van der Waals surface area contributed by atoms with Gasteiger partial charge in [0.05, 0.1) is 26.1 Å². The van der Waals surface area contributed by atoms with Crippen molar-refractivity contribution in [1.29, 1.82) is 0 Å². The first-order chi connectivity index (χ1) is 11.8. The summed E-state index contributed by atoms with van der Waals surface area (Å²) in [5.74, 6) is 1.34. The van der Waals surface area contributed by atoms with E-state index in [1.807, 2.05) is 18.2 Å². The van der Waals surface area contributed by atoms with Gasteiger partial charge in [0.1, 0.15) is 6.61 Å². The average Bonchev–Trinajstić information content (AvgIpc) is 3.22. The van der Waals surface area contributed by atoms with Crippen LogP contribution in [0.2, 0.25) is 0 Å². The summed E-state index contributed by atoms with van der Waals surface area (Å²) in [5, 5.41) is 6.15. The molecule has 24 heavy (non-hydrogen) atoms. The lowest BCUT2D eigenvalue weighted by Crippen LogP contribution is -2.39. The number of methoxy groups -OCH3 is 1. The van der Waals surface area contributed by atoms with Gasteiger partial charge in [0.15, 0.2) is 16.7 Å². The van der Waals surface area contributed by atoms with E-state index in [1.54, 1.807) is 18.9 Å². The van der Waals surface area contributed by atoms with E-state index in [2.05, 4.69) is 20.6 Å². The summed E-state index contributed by atoms with van der Waals surface area (Å²) in [5.41, 5.74) is 2.13. The van der Waals surface area contributed by atoms with Crippen LogP contribution in [-0.2, 0) is 11.2 Å². The highest BCUT2D eigenvalue weighted by molar-refractivity contribution is 8.16. The monoisotopic (exact) mass is 345 g/mol. The SMILES string of the molecule is COc1cccc2c1OCC(C(=O)NCC1=CSC3=NCCN13)C2. The molecule has 3 aliphatic rings. The molecule has 0 saturated heterocycles. The summed E-state index contributed by atoms with van der Waals surface area (Å²) in [6.07, 6.45) is 0.669. The number of nitrogens with zero attached hydrogens (tertiary/aromatic N) is 2. The van der Waals surface area contributed by atoms with Crippen molar-refractivity contribution < 1.29 is 14.3 Å². The quantitative estimate of drug-likeness (QED) is 0.898. The summed E-state index contributed by atoms with van der Waals surface area (Å²) >= 11 is 1.63. The van der Waals surface area contributed by atoms with Crippen LogP contribution in [0.3, 0.4) is 0 Å². The standard InChI is InChI=1S/C17H19N3O3S/c1-22-14-4-2-3-11-7-12(9-23-15(11)14)16(21)19-8-13-10-24-17-18-5-6-20(13)17/h2-4,10,12H,5-9H2,1H3,(H,19,21). The Morgan fingerprint density at radius 2 is 2.46 bits per heavy atom. The minimum Gasteiger partial charge on any atom is -0.493 e. The number of hydrogen-bond donors (Lipinski definition) is 1. The number of amidine groups is 1. The number of carbonyl (C=O) groups is 1. The average molecular weight is 345 g/mol. The van der Waals surface area contributed by atoms with Crippen LogP contribution >= 0.6 is 11.8 Å². The maximum absolute atomic E-state index is 12.5. The molecule has 0 fully saturated rings. The number of hydrogen-bond acceptors (Lipinski definition) is 6. The molecule has 1 unspecified atom stereocenters. The van der Waals surface area contributed by atoms with Gasteiger partial charge in [0, 0.05) is 17.6 Å². The fourth-order valence-corrected chi connectivity index (χ4v) is 4.11. The summed E-state index contributed by atoms with van der Waals surface area (Å²) in [4.78, 5) is 19.1. The molecule has 126 valence electrons. The van der Waals surface area contributed by atoms with Crippen molar-refractivity contribution in [3.8, 4) is 11.5 Å². The normalized spacial score (nSPS) is 21.4. The number of para-hydroxylation sites is 1. The van der Waals surface area contributed by atoms with Crippen molar-refractivity contribution in [3.05, 3.63) is 34.9 Å². The smallest absolute Gasteiger partial charge is 0.227 e. The van der Waals surface area contributed by atoms with E-state index in [0.29, 0.717) is 19.6 Å². The molecule has 3 heterocycles. The summed E-state index contributed by atoms with van der Waals surface area (Å²) in [6.45, 7) is 2.65. The number of thioether (sulfide) groups is 1. The lowest BCUT2D eigenvalue weighted by atomic mass is 9.95. The third kappa shape index (κ3) is 2.73. The molecule has 6 nitrogen and oxygen atoms in total. The minimum absolute atomic E-state index is 0.0268. The number of carbonyl (C=O) groups excluding carboxylic acids is 1. The molecule has 1 atom stereocenters. The van der Waals surface area contributed by atoms with Gasteiger partial charge in [-0.3, -0.25) is 9.79 Å². The Bertz CT molecular complexity index is 732. The zero-order chi connectivity index (χ0) is 16.5. The number of fused-ring (bicyclic) bond motifs is 2. The molecule has 1 amide bonds. The van der Waals surface area contributed by atoms with E-state index in [4.69, 9.17) is 9.47 Å². The number of ether oxygens (including phenoxy) is 2. The van der Waals surface area contributed by atoms with Crippen LogP contribution < -0.4 is 14.8 Å². The Hall–Kier alpha value is -2.15. The lowest BCUT2D eigenvalue weighted by molar-refractivity contribution is -0.126. The fraction of sp³-hybridized carbons (Fsp3) is 0.412. The summed E-state index contributed by atoms with van der Waals surface area (Å²) < 4.78 is 11.1. The number of amides is 1. The van der Waals surface area contributed by atoms with Crippen LogP contribution in [0.1, 0.15) is 5.56 Å². The predicted octanol–water partition coefficient (Wildman–Crippen LogP) is 1.62. The van der Waals surface area contributed by atoms with Gasteiger partial charge in [-0.15, -0.1) is 0 Å². The third-order valence-electron chi connectivity index (χ3n) is 4.44. The molecule has 4 rings (SSSR count). The Morgan fingerprint density at radius 1 is 1.54 bits per heavy atom. The largest absolute Gasteiger partial charge is 0.493 e. The van der Waals surface area contributed by atoms with Gasteiger partial charge in [0.2, 0.25) is 5.91 Å². The molecule has 0 saturated carbocycles. The van der Waals surface area contributed by atoms with E-state index in [0.717, 1.165) is 41.0 Å². The van der Waals surface area contributed by atoms with Crippen molar-refractivity contribution in [2.24, 2.45) is 10.9 Å².